The predicted molar refractivity (Wildman–Crippen MR) is 100 cm³/mol. The molecule has 0 saturated heterocycles. The van der Waals surface area contributed by atoms with Gasteiger partial charge in [-0.1, -0.05) is 0 Å². The van der Waals surface area contributed by atoms with Crippen LogP contribution in [0, 0.1) is 0 Å². The zero-order chi connectivity index (χ0) is 15.3. The van der Waals surface area contributed by atoms with Crippen molar-refractivity contribution in [3.8, 4) is 11.1 Å². The molecule has 2 aromatic rings. The van der Waals surface area contributed by atoms with E-state index in [4.69, 9.17) is 0 Å². The molecule has 0 aliphatic heterocycles. The van der Waals surface area contributed by atoms with Crippen LogP contribution < -0.4 is 0 Å². The fourth-order valence-electron chi connectivity index (χ4n) is 1.96. The molecular formula is C18H22Se2Si. The van der Waals surface area contributed by atoms with Gasteiger partial charge in [-0.05, 0) is 0 Å². The molecule has 0 aromatic heterocycles. The Hall–Kier alpha value is -0.434. The van der Waals surface area contributed by atoms with Gasteiger partial charge < -0.3 is 0 Å². The van der Waals surface area contributed by atoms with E-state index >= 15 is 0 Å². The second-order valence-electron chi connectivity index (χ2n) is 6.39. The van der Waals surface area contributed by atoms with Gasteiger partial charge >= 0.3 is 144 Å². The van der Waals surface area contributed by atoms with E-state index in [0.29, 0.717) is 15.0 Å². The van der Waals surface area contributed by atoms with Gasteiger partial charge in [0.2, 0.25) is 0 Å². The number of benzene rings is 2. The van der Waals surface area contributed by atoms with Crippen LogP contribution in [0.1, 0.15) is 5.56 Å². The van der Waals surface area contributed by atoms with Gasteiger partial charge in [-0.25, -0.2) is 0 Å². The van der Waals surface area contributed by atoms with Crippen LogP contribution in [0.4, 0.5) is 0 Å². The monoisotopic (exact) mass is 426 g/mol. The summed E-state index contributed by atoms with van der Waals surface area (Å²) in [7, 11) is -0.890. The van der Waals surface area contributed by atoms with Crippen molar-refractivity contribution in [3.05, 3.63) is 60.2 Å². The Balaban J connectivity index is 1.97. The van der Waals surface area contributed by atoms with Gasteiger partial charge in [0.05, 0.1) is 0 Å². The van der Waals surface area contributed by atoms with Crippen LogP contribution in [-0.2, 0) is 0 Å². The molecule has 2 rings (SSSR count). The maximum absolute atomic E-state index is 3.30. The van der Waals surface area contributed by atoms with Crippen LogP contribution >= 0.6 is 0 Å². The Bertz CT molecular complexity index is 583. The summed E-state index contributed by atoms with van der Waals surface area (Å²) in [4.78, 5) is 0. The van der Waals surface area contributed by atoms with E-state index in [1.165, 1.54) is 31.4 Å². The first kappa shape index (κ1) is 16.9. The third-order valence-corrected chi connectivity index (χ3v) is 9.55. The Morgan fingerprint density at radius 1 is 0.905 bits per heavy atom. The van der Waals surface area contributed by atoms with E-state index in [2.05, 4.69) is 89.8 Å². The fraction of sp³-hybridized carbons (Fsp3) is 0.278. The Kier molecular flexibility index (Phi) is 6.22. The van der Waals surface area contributed by atoms with Crippen LogP contribution in [0.25, 0.3) is 11.1 Å². The molecule has 21 heavy (non-hydrogen) atoms. The average Bonchev–Trinajstić information content (AvgIpc) is 2.47. The number of hydrogen-bond acceptors (Lipinski definition) is 0. The normalized spacial score (nSPS) is 11.4. The van der Waals surface area contributed by atoms with Gasteiger partial charge in [-0.2, -0.15) is 0 Å². The van der Waals surface area contributed by atoms with Crippen molar-refractivity contribution in [2.24, 2.45) is 0 Å². The molecule has 0 nitrogen and oxygen atoms in total. The van der Waals surface area contributed by atoms with E-state index in [-0.39, 0.29) is 0 Å². The Labute approximate surface area is 143 Å². The van der Waals surface area contributed by atoms with Crippen LogP contribution in [0.2, 0.25) is 31.0 Å². The van der Waals surface area contributed by atoms with Gasteiger partial charge in [0.15, 0.2) is 0 Å². The van der Waals surface area contributed by atoms with Crippen LogP contribution in [0.15, 0.2) is 54.6 Å². The van der Waals surface area contributed by atoms with Crippen LogP contribution in [0.5, 0.6) is 0 Å². The topological polar surface area (TPSA) is 0 Å². The summed E-state index contributed by atoms with van der Waals surface area (Å²) >= 11 is 3.89. The Morgan fingerprint density at radius 2 is 1.48 bits per heavy atom. The second kappa shape index (κ2) is 7.72. The Morgan fingerprint density at radius 3 is 2.05 bits per heavy atom. The molecule has 0 amide bonds. The van der Waals surface area contributed by atoms with Crippen molar-refractivity contribution in [1.82, 2.24) is 0 Å². The average molecular weight is 424 g/mol. The van der Waals surface area contributed by atoms with Gasteiger partial charge in [-0.3, -0.25) is 0 Å². The molecule has 0 aliphatic rings. The first-order valence-electron chi connectivity index (χ1n) is 7.28. The minimum absolute atomic E-state index is 0.592. The summed E-state index contributed by atoms with van der Waals surface area (Å²) in [6.07, 6.45) is 0. The number of hydrogen-bond donors (Lipinski definition) is 0. The zero-order valence-corrected chi connectivity index (χ0v) is 17.4. The number of rotatable bonds is 6. The van der Waals surface area contributed by atoms with E-state index < -0.39 is 8.07 Å². The van der Waals surface area contributed by atoms with Crippen molar-refractivity contribution in [3.63, 3.8) is 0 Å². The van der Waals surface area contributed by atoms with Crippen molar-refractivity contribution >= 4 is 41.9 Å². The van der Waals surface area contributed by atoms with Crippen molar-refractivity contribution in [1.29, 1.82) is 0 Å². The molecule has 0 atom stereocenters. The molecule has 0 saturated carbocycles. The molecule has 2 aromatic carbocycles. The first-order valence-corrected chi connectivity index (χ1v) is 13.9. The van der Waals surface area contributed by atoms with E-state index in [1.54, 1.807) is 0 Å². The van der Waals surface area contributed by atoms with Gasteiger partial charge in [0.1, 0.15) is 0 Å². The summed E-state index contributed by atoms with van der Waals surface area (Å²) in [6, 6.07) is 21.0. The van der Waals surface area contributed by atoms with Crippen LogP contribution in [0.3, 0.4) is 0 Å². The summed E-state index contributed by atoms with van der Waals surface area (Å²) in [5.74, 6) is 0. The summed E-state index contributed by atoms with van der Waals surface area (Å²) in [5.41, 5.74) is 3.95. The quantitative estimate of drug-likeness (QED) is 0.601. The van der Waals surface area contributed by atoms with Gasteiger partial charge in [-0.15, -0.1) is 0 Å². The molecule has 0 fully saturated rings. The van der Waals surface area contributed by atoms with Crippen molar-refractivity contribution < 1.29 is 0 Å². The minimum atomic E-state index is -0.890. The molecule has 3 heteroatoms. The third-order valence-electron chi connectivity index (χ3n) is 3.31. The molecule has 0 spiro atoms. The third kappa shape index (κ3) is 5.69. The molecule has 0 N–H and O–H groups in total. The molecule has 0 aliphatic carbocycles. The molecule has 0 unspecified atom stereocenters. The first-order chi connectivity index (χ1) is 9.96. The SMILES string of the molecule is C[Si](C)(C)CC[Se]C(=[Se])c1ccc(-c2ccccc2)cc1. The molecule has 0 bridgehead atoms. The van der Waals surface area contributed by atoms with Crippen molar-refractivity contribution in [2.75, 3.05) is 0 Å². The fourth-order valence-corrected chi connectivity index (χ4v) is 9.39. The summed E-state index contributed by atoms with van der Waals surface area (Å²) < 4.78 is 1.46. The zero-order valence-electron chi connectivity index (χ0n) is 12.9. The van der Waals surface area contributed by atoms with E-state index in [1.807, 2.05) is 0 Å². The standard InChI is InChI=1S/C18H22Se2Si/c1-21(2,3)14-13-20-18(19)17-11-9-16(10-12-17)15-7-5-4-6-8-15/h4-12H,13-14H2,1-3H3. The summed E-state index contributed by atoms with van der Waals surface area (Å²) in [6.45, 7) is 7.37. The predicted octanol–water partition coefficient (Wildman–Crippen LogP) is 4.46. The molecular weight excluding hydrogens is 402 g/mol. The van der Waals surface area contributed by atoms with Crippen LogP contribution in [-0.4, -0.2) is 41.9 Å². The van der Waals surface area contributed by atoms with E-state index in [0.717, 1.165) is 0 Å². The second-order valence-corrected chi connectivity index (χ2v) is 16.5. The van der Waals surface area contributed by atoms with Gasteiger partial charge in [0.25, 0.3) is 0 Å². The molecule has 110 valence electrons. The molecule has 0 radical (unpaired) electrons. The summed E-state index contributed by atoms with van der Waals surface area (Å²) in [5, 5.41) is 1.37. The maximum atomic E-state index is 3.30. The van der Waals surface area contributed by atoms with E-state index in [9.17, 15) is 0 Å². The molecule has 0 heterocycles. The van der Waals surface area contributed by atoms with Gasteiger partial charge in [0, 0.05) is 0 Å². The van der Waals surface area contributed by atoms with Crippen molar-refractivity contribution in [2.45, 2.75) is 31.0 Å².